The van der Waals surface area contributed by atoms with E-state index in [1.807, 2.05) is 0 Å². The molecule has 27 heavy (non-hydrogen) atoms. The second-order valence-electron chi connectivity index (χ2n) is 7.00. The van der Waals surface area contributed by atoms with Gasteiger partial charge in [-0.05, 0) is 35.9 Å². The third kappa shape index (κ3) is 2.56. The Labute approximate surface area is 161 Å². The molecule has 3 aliphatic heterocycles. The fraction of sp³-hybridized carbons (Fsp3) is 0.400. The highest BCUT2D eigenvalue weighted by molar-refractivity contribution is 7.10. The summed E-state index contributed by atoms with van der Waals surface area (Å²) in [5.74, 6) is 0.190. The van der Waals surface area contributed by atoms with Gasteiger partial charge in [0.2, 0.25) is 0 Å². The fourth-order valence-corrected chi connectivity index (χ4v) is 5.18. The zero-order chi connectivity index (χ0) is 18.5. The largest absolute Gasteiger partial charge is 0.486 e. The molecule has 0 saturated heterocycles. The average Bonchev–Trinajstić information content (AvgIpc) is 3.25. The van der Waals surface area contributed by atoms with Gasteiger partial charge in [-0.2, -0.15) is 0 Å². The number of ketones is 1. The molecule has 0 spiro atoms. The van der Waals surface area contributed by atoms with Crippen LogP contribution >= 0.6 is 11.3 Å². The topological polar surface area (TPSA) is 59.1 Å². The van der Waals surface area contributed by atoms with Crippen molar-refractivity contribution in [3.63, 3.8) is 0 Å². The lowest BCUT2D eigenvalue weighted by Crippen LogP contribution is -2.45. The van der Waals surface area contributed by atoms with Gasteiger partial charge in [0.1, 0.15) is 13.2 Å². The number of Topliss-reactive ketones (excluding diaryl/α,β-unsaturated/α-hetero) is 1. The van der Waals surface area contributed by atoms with Crippen molar-refractivity contribution in [3.8, 4) is 11.5 Å². The van der Waals surface area contributed by atoms with Crippen molar-refractivity contribution in [2.75, 3.05) is 31.3 Å². The lowest BCUT2D eigenvalue weighted by molar-refractivity contribution is -0.114. The molecule has 0 fully saturated rings. The summed E-state index contributed by atoms with van der Waals surface area (Å²) in [5.41, 5.74) is 2.39. The summed E-state index contributed by atoms with van der Waals surface area (Å²) in [6.45, 7) is 4.37. The number of hydrogen-bond donors (Lipinski definition) is 0. The van der Waals surface area contributed by atoms with Gasteiger partial charge < -0.3 is 9.47 Å². The van der Waals surface area contributed by atoms with Crippen LogP contribution in [0, 0.1) is 0 Å². The van der Waals surface area contributed by atoms with Crippen molar-refractivity contribution >= 4 is 28.7 Å². The Kier molecular flexibility index (Phi) is 3.94. The number of fused-ring (bicyclic) bond motifs is 3. The molecule has 140 valence electrons. The number of carbonyl (C=O) groups excluding carboxylic acids is 2. The average molecular weight is 384 g/mol. The molecule has 0 aliphatic carbocycles. The van der Waals surface area contributed by atoms with Gasteiger partial charge in [-0.15, -0.1) is 11.3 Å². The molecule has 1 aromatic heterocycles. The van der Waals surface area contributed by atoms with E-state index in [1.54, 1.807) is 28.4 Å². The summed E-state index contributed by atoms with van der Waals surface area (Å²) in [6, 6.07) is 5.87. The van der Waals surface area contributed by atoms with E-state index in [4.69, 9.17) is 9.47 Å². The van der Waals surface area contributed by atoms with E-state index in [0.717, 1.165) is 19.4 Å². The second kappa shape index (κ2) is 6.35. The minimum atomic E-state index is -0.474. The first kappa shape index (κ1) is 16.8. The maximum absolute atomic E-state index is 12.7. The van der Waals surface area contributed by atoms with Crippen LogP contribution in [0.2, 0.25) is 0 Å². The number of rotatable bonds is 3. The predicted molar refractivity (Wildman–Crippen MR) is 102 cm³/mol. The highest BCUT2D eigenvalue weighted by Gasteiger charge is 2.40. The lowest BCUT2D eigenvalue weighted by atomic mass is 9.98. The van der Waals surface area contributed by atoms with Gasteiger partial charge in [-0.25, -0.2) is 0 Å². The molecule has 1 aromatic carbocycles. The van der Waals surface area contributed by atoms with Gasteiger partial charge in [0.15, 0.2) is 11.5 Å². The summed E-state index contributed by atoms with van der Waals surface area (Å²) in [4.78, 5) is 30.6. The summed E-state index contributed by atoms with van der Waals surface area (Å²) < 4.78 is 11.2. The monoisotopic (exact) mass is 384 g/mol. The molecule has 0 bridgehead atoms. The molecule has 3 aliphatic rings. The summed E-state index contributed by atoms with van der Waals surface area (Å²) >= 11 is 1.80. The first-order valence-electron chi connectivity index (χ1n) is 9.27. The first-order chi connectivity index (χ1) is 13.2. The molecular weight excluding hydrogens is 364 g/mol. The second-order valence-corrected chi connectivity index (χ2v) is 8.00. The Morgan fingerprint density at radius 1 is 1.19 bits per heavy atom. The molecule has 1 atom stereocenters. The van der Waals surface area contributed by atoms with E-state index in [1.165, 1.54) is 10.4 Å². The van der Waals surface area contributed by atoms with Gasteiger partial charge in [0, 0.05) is 23.5 Å². The van der Waals surface area contributed by atoms with E-state index < -0.39 is 11.7 Å². The lowest BCUT2D eigenvalue weighted by Gasteiger charge is -2.37. The summed E-state index contributed by atoms with van der Waals surface area (Å²) in [6.07, 6.45) is 1.95. The van der Waals surface area contributed by atoms with Crippen LogP contribution in [0.4, 0.5) is 5.69 Å². The molecule has 4 heterocycles. The Morgan fingerprint density at radius 3 is 2.74 bits per heavy atom. The molecule has 2 aromatic rings. The predicted octanol–water partition coefficient (Wildman–Crippen LogP) is 3.02. The maximum Gasteiger partial charge on any atom is 0.300 e. The van der Waals surface area contributed by atoms with Crippen LogP contribution in [-0.4, -0.2) is 43.0 Å². The Hall–Kier alpha value is -2.38. The number of ether oxygens (including phenoxy) is 2. The van der Waals surface area contributed by atoms with Crippen molar-refractivity contribution in [3.05, 3.63) is 39.6 Å². The van der Waals surface area contributed by atoms with Crippen LogP contribution in [0.5, 0.6) is 11.5 Å². The Balaban J connectivity index is 1.48. The van der Waals surface area contributed by atoms with Crippen molar-refractivity contribution in [2.45, 2.75) is 25.8 Å². The zero-order valence-electron chi connectivity index (χ0n) is 15.1. The maximum atomic E-state index is 12.7. The van der Waals surface area contributed by atoms with Crippen LogP contribution in [0.1, 0.15) is 40.2 Å². The van der Waals surface area contributed by atoms with Crippen LogP contribution < -0.4 is 14.4 Å². The number of carbonyl (C=O) groups is 2. The molecule has 5 rings (SSSR count). The summed E-state index contributed by atoms with van der Waals surface area (Å²) in [7, 11) is 0. The number of thiophene rings is 1. The Morgan fingerprint density at radius 2 is 1.96 bits per heavy atom. The van der Waals surface area contributed by atoms with Crippen molar-refractivity contribution < 1.29 is 19.1 Å². The molecular formula is C20H20N2O4S. The van der Waals surface area contributed by atoms with Gasteiger partial charge in [-0.1, -0.05) is 6.92 Å². The fourth-order valence-electron chi connectivity index (χ4n) is 4.25. The van der Waals surface area contributed by atoms with Crippen molar-refractivity contribution in [2.24, 2.45) is 0 Å². The minimum absolute atomic E-state index is 0.268. The first-order valence-corrected chi connectivity index (χ1v) is 10.2. The molecule has 6 nitrogen and oxygen atoms in total. The Bertz CT molecular complexity index is 938. The van der Waals surface area contributed by atoms with Crippen molar-refractivity contribution in [1.82, 2.24) is 4.90 Å². The number of amides is 1. The SMILES string of the molecule is CC[C@H]1c2ccsc2CCN1CN1C(=O)C(=O)c2cc3c(cc21)OCCO3. The van der Waals surface area contributed by atoms with E-state index in [9.17, 15) is 9.59 Å². The molecule has 1 amide bonds. The highest BCUT2D eigenvalue weighted by atomic mass is 32.1. The molecule has 0 radical (unpaired) electrons. The number of nitrogens with zero attached hydrogens (tertiary/aromatic N) is 2. The summed E-state index contributed by atoms with van der Waals surface area (Å²) in [5, 5.41) is 2.14. The molecule has 0 N–H and O–H groups in total. The standard InChI is InChI=1S/C20H20N2O4S/c1-2-14-12-4-8-27-18(12)3-5-21(14)11-22-15-10-17-16(25-6-7-26-17)9-13(15)19(23)20(22)24/h4,8-10,14H,2-3,5-7,11H2,1H3/t14-/m0/s1. The van der Waals surface area contributed by atoms with E-state index in [0.29, 0.717) is 42.6 Å². The highest BCUT2D eigenvalue weighted by Crippen LogP contribution is 2.42. The van der Waals surface area contributed by atoms with Crippen LogP contribution in [-0.2, 0) is 11.2 Å². The number of hydrogen-bond acceptors (Lipinski definition) is 6. The number of benzene rings is 1. The van der Waals surface area contributed by atoms with Gasteiger partial charge in [0.25, 0.3) is 5.78 Å². The third-order valence-electron chi connectivity index (χ3n) is 5.55. The van der Waals surface area contributed by atoms with Gasteiger partial charge in [0.05, 0.1) is 17.9 Å². The van der Waals surface area contributed by atoms with Gasteiger partial charge in [-0.3, -0.25) is 19.4 Å². The van der Waals surface area contributed by atoms with Gasteiger partial charge >= 0.3 is 5.91 Å². The minimum Gasteiger partial charge on any atom is -0.486 e. The van der Waals surface area contributed by atoms with E-state index in [-0.39, 0.29) is 6.04 Å². The quantitative estimate of drug-likeness (QED) is 0.762. The zero-order valence-corrected chi connectivity index (χ0v) is 15.9. The van der Waals surface area contributed by atoms with E-state index >= 15 is 0 Å². The van der Waals surface area contributed by atoms with Crippen LogP contribution in [0.3, 0.4) is 0 Å². The van der Waals surface area contributed by atoms with Crippen molar-refractivity contribution in [1.29, 1.82) is 0 Å². The van der Waals surface area contributed by atoms with E-state index in [2.05, 4.69) is 23.3 Å². The third-order valence-corrected chi connectivity index (χ3v) is 6.55. The molecule has 0 saturated carbocycles. The number of anilines is 1. The molecule has 0 unspecified atom stereocenters. The van der Waals surface area contributed by atoms with Crippen LogP contribution in [0.15, 0.2) is 23.6 Å². The normalized spacial score (nSPS) is 21.4. The smallest absolute Gasteiger partial charge is 0.300 e. The molecule has 7 heteroatoms. The van der Waals surface area contributed by atoms with Crippen LogP contribution in [0.25, 0.3) is 0 Å².